The molecule has 1 saturated heterocycles. The van der Waals surface area contributed by atoms with Gasteiger partial charge in [-0.15, -0.1) is 0 Å². The molecule has 1 aliphatic heterocycles. The average molecular weight is 152 g/mol. The van der Waals surface area contributed by atoms with Crippen molar-refractivity contribution in [2.75, 3.05) is 13.2 Å². The van der Waals surface area contributed by atoms with Crippen LogP contribution in [-0.4, -0.2) is 29.3 Å². The fraction of sp³-hybridized carbons (Fsp3) is 0.429. The van der Waals surface area contributed by atoms with Gasteiger partial charge in [0.25, 0.3) is 0 Å². The molecule has 4 nitrogen and oxygen atoms in total. The fourth-order valence-corrected chi connectivity index (χ4v) is 0.801. The van der Waals surface area contributed by atoms with Gasteiger partial charge in [0.05, 0.1) is 13.2 Å². The van der Waals surface area contributed by atoms with E-state index in [0.717, 1.165) is 0 Å². The highest BCUT2D eigenvalue weighted by atomic mass is 16.6. The minimum atomic E-state index is 0.185. The van der Waals surface area contributed by atoms with E-state index in [1.807, 2.05) is 0 Å². The maximum atomic E-state index is 5.37. The van der Waals surface area contributed by atoms with Crippen LogP contribution in [-0.2, 0) is 4.74 Å². The van der Waals surface area contributed by atoms with E-state index in [4.69, 9.17) is 9.47 Å². The first-order valence-corrected chi connectivity index (χ1v) is 3.45. The van der Waals surface area contributed by atoms with E-state index in [-0.39, 0.29) is 6.10 Å². The molecular formula is C7H8N2O2. The Labute approximate surface area is 64.2 Å². The highest BCUT2D eigenvalue weighted by Crippen LogP contribution is 2.10. The Balaban J connectivity index is 1.95. The minimum absolute atomic E-state index is 0.185. The first kappa shape index (κ1) is 6.54. The van der Waals surface area contributed by atoms with Gasteiger partial charge < -0.3 is 9.47 Å². The molecule has 2 rings (SSSR count). The van der Waals surface area contributed by atoms with Crippen LogP contribution in [0.4, 0.5) is 0 Å². The Morgan fingerprint density at radius 1 is 1.55 bits per heavy atom. The van der Waals surface area contributed by atoms with E-state index in [0.29, 0.717) is 19.1 Å². The van der Waals surface area contributed by atoms with Gasteiger partial charge in [-0.05, 0) is 0 Å². The number of hydrogen-bond acceptors (Lipinski definition) is 4. The zero-order valence-corrected chi connectivity index (χ0v) is 5.93. The van der Waals surface area contributed by atoms with Crippen molar-refractivity contribution in [2.24, 2.45) is 0 Å². The molecule has 1 aliphatic rings. The zero-order valence-electron chi connectivity index (χ0n) is 5.93. The summed E-state index contributed by atoms with van der Waals surface area (Å²) < 4.78 is 10.3. The highest BCUT2D eigenvalue weighted by molar-refractivity contribution is 5.05. The topological polar surface area (TPSA) is 44.2 Å². The lowest BCUT2D eigenvalue weighted by Crippen LogP contribution is -2.38. The Morgan fingerprint density at radius 3 is 3.00 bits per heavy atom. The Hall–Kier alpha value is -1.16. The fourth-order valence-electron chi connectivity index (χ4n) is 0.801. The lowest BCUT2D eigenvalue weighted by atomic mass is 10.3. The summed E-state index contributed by atoms with van der Waals surface area (Å²) in [4.78, 5) is 7.69. The first-order chi connectivity index (χ1) is 5.45. The molecule has 0 radical (unpaired) electrons. The summed E-state index contributed by atoms with van der Waals surface area (Å²) in [6.45, 7) is 1.34. The van der Waals surface area contributed by atoms with Crippen LogP contribution in [0.15, 0.2) is 18.6 Å². The third kappa shape index (κ3) is 1.46. The quantitative estimate of drug-likeness (QED) is 0.609. The second-order valence-corrected chi connectivity index (χ2v) is 2.32. The smallest absolute Gasteiger partial charge is 0.216 e. The average Bonchev–Trinajstić information content (AvgIpc) is 1.99. The predicted molar refractivity (Wildman–Crippen MR) is 37.3 cm³/mol. The van der Waals surface area contributed by atoms with E-state index in [9.17, 15) is 0 Å². The Morgan fingerprint density at radius 2 is 2.45 bits per heavy atom. The van der Waals surface area contributed by atoms with Crippen LogP contribution >= 0.6 is 0 Å². The monoisotopic (exact) mass is 152 g/mol. The van der Waals surface area contributed by atoms with Crippen molar-refractivity contribution >= 4 is 0 Å². The van der Waals surface area contributed by atoms with Gasteiger partial charge in [-0.25, -0.2) is 9.97 Å². The molecule has 1 fully saturated rings. The van der Waals surface area contributed by atoms with Gasteiger partial charge >= 0.3 is 0 Å². The molecule has 0 saturated carbocycles. The molecule has 4 heteroatoms. The molecule has 1 aromatic rings. The molecular weight excluding hydrogens is 144 g/mol. The number of hydrogen-bond donors (Lipinski definition) is 0. The number of rotatable bonds is 2. The SMILES string of the molecule is c1cc(OC2COC2)ncn1. The van der Waals surface area contributed by atoms with Gasteiger partial charge in [0, 0.05) is 12.3 Å². The van der Waals surface area contributed by atoms with Gasteiger partial charge in [-0.1, -0.05) is 0 Å². The molecule has 0 atom stereocenters. The highest BCUT2D eigenvalue weighted by Gasteiger charge is 2.20. The summed E-state index contributed by atoms with van der Waals surface area (Å²) in [6.07, 6.45) is 3.31. The predicted octanol–water partition coefficient (Wildman–Crippen LogP) is 0.254. The van der Waals surface area contributed by atoms with Gasteiger partial charge in [0.2, 0.25) is 5.88 Å². The number of aromatic nitrogens is 2. The lowest BCUT2D eigenvalue weighted by molar-refractivity contribution is -0.0813. The first-order valence-electron chi connectivity index (χ1n) is 3.45. The maximum Gasteiger partial charge on any atom is 0.216 e. The maximum absolute atomic E-state index is 5.37. The molecule has 1 aromatic heterocycles. The standard InChI is InChI=1S/C7H8N2O2/c1-2-8-5-9-7(1)11-6-3-10-4-6/h1-2,5-6H,3-4H2. The van der Waals surface area contributed by atoms with Crippen molar-refractivity contribution in [3.8, 4) is 5.88 Å². The lowest BCUT2D eigenvalue weighted by Gasteiger charge is -2.25. The largest absolute Gasteiger partial charge is 0.469 e. The van der Waals surface area contributed by atoms with E-state index in [2.05, 4.69) is 9.97 Å². The molecule has 2 heterocycles. The van der Waals surface area contributed by atoms with Crippen LogP contribution < -0.4 is 4.74 Å². The van der Waals surface area contributed by atoms with Crippen molar-refractivity contribution in [3.63, 3.8) is 0 Å². The number of nitrogens with zero attached hydrogens (tertiary/aromatic N) is 2. The van der Waals surface area contributed by atoms with Crippen molar-refractivity contribution in [1.29, 1.82) is 0 Å². The summed E-state index contributed by atoms with van der Waals surface area (Å²) >= 11 is 0. The molecule has 0 unspecified atom stereocenters. The van der Waals surface area contributed by atoms with Crippen molar-refractivity contribution in [1.82, 2.24) is 9.97 Å². The second kappa shape index (κ2) is 2.84. The normalized spacial score (nSPS) is 17.5. The van der Waals surface area contributed by atoms with Crippen molar-refractivity contribution < 1.29 is 9.47 Å². The van der Waals surface area contributed by atoms with Crippen molar-refractivity contribution in [3.05, 3.63) is 18.6 Å². The van der Waals surface area contributed by atoms with Crippen LogP contribution in [0.1, 0.15) is 0 Å². The summed E-state index contributed by atoms with van der Waals surface area (Å²) in [6, 6.07) is 1.73. The molecule has 0 aromatic carbocycles. The summed E-state index contributed by atoms with van der Waals surface area (Å²) in [5, 5.41) is 0. The Kier molecular flexibility index (Phi) is 1.69. The molecule has 58 valence electrons. The van der Waals surface area contributed by atoms with E-state index in [1.54, 1.807) is 12.3 Å². The molecule has 0 spiro atoms. The van der Waals surface area contributed by atoms with Crippen LogP contribution in [0.25, 0.3) is 0 Å². The van der Waals surface area contributed by atoms with Crippen LogP contribution in [0.5, 0.6) is 5.88 Å². The van der Waals surface area contributed by atoms with Gasteiger partial charge in [-0.3, -0.25) is 0 Å². The molecule has 0 N–H and O–H groups in total. The van der Waals surface area contributed by atoms with E-state index < -0.39 is 0 Å². The summed E-state index contributed by atoms with van der Waals surface area (Å²) in [5.74, 6) is 0.619. The molecule has 0 bridgehead atoms. The van der Waals surface area contributed by atoms with E-state index >= 15 is 0 Å². The summed E-state index contributed by atoms with van der Waals surface area (Å²) in [7, 11) is 0. The third-order valence-corrected chi connectivity index (χ3v) is 1.45. The summed E-state index contributed by atoms with van der Waals surface area (Å²) in [5.41, 5.74) is 0. The molecule has 0 aliphatic carbocycles. The van der Waals surface area contributed by atoms with Crippen LogP contribution in [0.2, 0.25) is 0 Å². The number of ether oxygens (including phenoxy) is 2. The van der Waals surface area contributed by atoms with Gasteiger partial charge in [0.1, 0.15) is 12.4 Å². The molecule has 0 amide bonds. The van der Waals surface area contributed by atoms with Crippen molar-refractivity contribution in [2.45, 2.75) is 6.10 Å². The third-order valence-electron chi connectivity index (χ3n) is 1.45. The van der Waals surface area contributed by atoms with Gasteiger partial charge in [-0.2, -0.15) is 0 Å². The van der Waals surface area contributed by atoms with Gasteiger partial charge in [0.15, 0.2) is 0 Å². The minimum Gasteiger partial charge on any atom is -0.469 e. The van der Waals surface area contributed by atoms with E-state index in [1.165, 1.54) is 6.33 Å². The van der Waals surface area contributed by atoms with Crippen LogP contribution in [0, 0.1) is 0 Å². The molecule has 11 heavy (non-hydrogen) atoms. The Bertz CT molecular complexity index is 223. The van der Waals surface area contributed by atoms with Crippen LogP contribution in [0.3, 0.4) is 0 Å². The second-order valence-electron chi connectivity index (χ2n) is 2.32. The zero-order chi connectivity index (χ0) is 7.52.